The number of hydrogen-bond donors (Lipinski definition) is 2. The second-order valence-corrected chi connectivity index (χ2v) is 7.00. The van der Waals surface area contributed by atoms with Gasteiger partial charge < -0.3 is 5.73 Å². The maximum Gasteiger partial charge on any atom is 0.330 e. The monoisotopic (exact) mass is 428 g/mol. The third-order valence-corrected chi connectivity index (χ3v) is 4.81. The van der Waals surface area contributed by atoms with Gasteiger partial charge in [-0.3, -0.25) is 24.0 Å². The topological polar surface area (TPSA) is 101 Å². The molecule has 0 aliphatic carbocycles. The van der Waals surface area contributed by atoms with E-state index < -0.39 is 34.4 Å². The molecule has 1 heterocycles. The molecule has 7 nitrogen and oxygen atoms in total. The van der Waals surface area contributed by atoms with E-state index in [1.807, 2.05) is 6.92 Å². The lowest BCUT2D eigenvalue weighted by Gasteiger charge is -2.25. The zero-order chi connectivity index (χ0) is 22.5. The van der Waals surface area contributed by atoms with Gasteiger partial charge >= 0.3 is 5.69 Å². The van der Waals surface area contributed by atoms with Crippen molar-refractivity contribution in [2.75, 3.05) is 10.6 Å². The Labute approximate surface area is 176 Å². The molecule has 162 valence electrons. The SMILES string of the molecule is CCCCn1c(N)c(N(Cc2ccccc2)C(=O)c2ccc(F)cc2F)c(=O)[nH]c1=O. The van der Waals surface area contributed by atoms with Gasteiger partial charge in [0.25, 0.3) is 11.5 Å². The molecule has 0 spiro atoms. The van der Waals surface area contributed by atoms with Crippen molar-refractivity contribution in [3.05, 3.63) is 92.1 Å². The smallest absolute Gasteiger partial charge is 0.330 e. The maximum atomic E-state index is 14.4. The minimum Gasteiger partial charge on any atom is -0.383 e. The molecular formula is C22H22F2N4O3. The number of rotatable bonds is 7. The summed E-state index contributed by atoms with van der Waals surface area (Å²) in [6.45, 7) is 2.05. The lowest BCUT2D eigenvalue weighted by molar-refractivity contribution is 0.0980. The molecule has 0 aliphatic rings. The number of benzene rings is 2. The first-order valence-corrected chi connectivity index (χ1v) is 9.77. The summed E-state index contributed by atoms with van der Waals surface area (Å²) in [5.74, 6) is -3.00. The fourth-order valence-electron chi connectivity index (χ4n) is 3.20. The van der Waals surface area contributed by atoms with Gasteiger partial charge in [0.05, 0.1) is 12.1 Å². The van der Waals surface area contributed by atoms with Crippen LogP contribution in [0.2, 0.25) is 0 Å². The fraction of sp³-hybridized carbons (Fsp3) is 0.227. The highest BCUT2D eigenvalue weighted by Gasteiger charge is 2.27. The number of aromatic nitrogens is 2. The van der Waals surface area contributed by atoms with Gasteiger partial charge in [-0.2, -0.15) is 0 Å². The minimum atomic E-state index is -1.07. The van der Waals surface area contributed by atoms with Gasteiger partial charge in [-0.1, -0.05) is 43.7 Å². The number of unbranched alkanes of at least 4 members (excludes halogenated alkanes) is 1. The van der Waals surface area contributed by atoms with Gasteiger partial charge in [0.15, 0.2) is 5.69 Å². The highest BCUT2D eigenvalue weighted by Crippen LogP contribution is 2.23. The van der Waals surface area contributed by atoms with Gasteiger partial charge in [-0.15, -0.1) is 0 Å². The van der Waals surface area contributed by atoms with E-state index in [9.17, 15) is 23.2 Å². The Morgan fingerprint density at radius 1 is 1.13 bits per heavy atom. The number of H-pyrrole nitrogens is 1. The normalized spacial score (nSPS) is 10.8. The van der Waals surface area contributed by atoms with E-state index >= 15 is 0 Å². The maximum absolute atomic E-state index is 14.4. The van der Waals surface area contributed by atoms with Crippen molar-refractivity contribution in [1.29, 1.82) is 0 Å². The molecule has 0 atom stereocenters. The van der Waals surface area contributed by atoms with Crippen LogP contribution in [0.15, 0.2) is 58.1 Å². The molecule has 1 aromatic heterocycles. The third-order valence-electron chi connectivity index (χ3n) is 4.81. The number of nitrogen functional groups attached to an aromatic ring is 1. The second kappa shape index (κ2) is 9.38. The lowest BCUT2D eigenvalue weighted by atomic mass is 10.1. The first-order chi connectivity index (χ1) is 14.8. The van der Waals surface area contributed by atoms with E-state index in [4.69, 9.17) is 5.73 Å². The van der Waals surface area contributed by atoms with Crippen LogP contribution in [0.5, 0.6) is 0 Å². The summed E-state index contributed by atoms with van der Waals surface area (Å²) in [6, 6.07) is 11.2. The van der Waals surface area contributed by atoms with E-state index in [-0.39, 0.29) is 24.6 Å². The van der Waals surface area contributed by atoms with Crippen LogP contribution in [-0.2, 0) is 13.1 Å². The Hall–Kier alpha value is -3.75. The first kappa shape index (κ1) is 21.9. The van der Waals surface area contributed by atoms with E-state index in [0.29, 0.717) is 18.1 Å². The molecule has 3 aromatic rings. The molecule has 9 heteroatoms. The molecule has 1 amide bonds. The van der Waals surface area contributed by atoms with E-state index in [1.165, 1.54) is 4.57 Å². The zero-order valence-corrected chi connectivity index (χ0v) is 16.9. The average Bonchev–Trinajstić information content (AvgIpc) is 2.73. The molecular weight excluding hydrogens is 406 g/mol. The van der Waals surface area contributed by atoms with Crippen molar-refractivity contribution in [1.82, 2.24) is 9.55 Å². The summed E-state index contributed by atoms with van der Waals surface area (Å²) < 4.78 is 28.9. The van der Waals surface area contributed by atoms with Crippen molar-refractivity contribution in [3.8, 4) is 0 Å². The molecule has 3 rings (SSSR count). The molecule has 0 unspecified atom stereocenters. The molecule has 0 saturated carbocycles. The molecule has 0 radical (unpaired) electrons. The Morgan fingerprint density at radius 3 is 2.48 bits per heavy atom. The number of carbonyl (C=O) groups is 1. The summed E-state index contributed by atoms with van der Waals surface area (Å²) >= 11 is 0. The summed E-state index contributed by atoms with van der Waals surface area (Å²) in [6.07, 6.45) is 1.39. The molecule has 0 bridgehead atoms. The fourth-order valence-corrected chi connectivity index (χ4v) is 3.20. The summed E-state index contributed by atoms with van der Waals surface area (Å²) in [4.78, 5) is 41.4. The number of hydrogen-bond acceptors (Lipinski definition) is 4. The molecule has 0 aliphatic heterocycles. The predicted octanol–water partition coefficient (Wildman–Crippen LogP) is 3.04. The molecule has 0 saturated heterocycles. The highest BCUT2D eigenvalue weighted by atomic mass is 19.1. The Morgan fingerprint density at radius 2 is 1.84 bits per heavy atom. The van der Waals surface area contributed by atoms with Crippen LogP contribution in [-0.4, -0.2) is 15.5 Å². The van der Waals surface area contributed by atoms with E-state index in [2.05, 4.69) is 4.98 Å². The molecule has 2 aromatic carbocycles. The minimum absolute atomic E-state index is 0.115. The summed E-state index contributed by atoms with van der Waals surface area (Å²) in [5.41, 5.74) is 4.53. The van der Waals surface area contributed by atoms with Crippen molar-refractivity contribution < 1.29 is 13.6 Å². The van der Waals surface area contributed by atoms with Gasteiger partial charge in [-0.05, 0) is 24.1 Å². The number of anilines is 2. The van der Waals surface area contributed by atoms with Crippen LogP contribution in [0.3, 0.4) is 0 Å². The van der Waals surface area contributed by atoms with Gasteiger partial charge in [0.1, 0.15) is 17.5 Å². The molecule has 0 fully saturated rings. The van der Waals surface area contributed by atoms with Crippen LogP contribution < -0.4 is 21.9 Å². The third kappa shape index (κ3) is 4.71. The Balaban J connectivity index is 2.18. The largest absolute Gasteiger partial charge is 0.383 e. The molecule has 31 heavy (non-hydrogen) atoms. The van der Waals surface area contributed by atoms with Crippen molar-refractivity contribution in [2.24, 2.45) is 0 Å². The van der Waals surface area contributed by atoms with Crippen LogP contribution in [0.4, 0.5) is 20.3 Å². The van der Waals surface area contributed by atoms with Gasteiger partial charge in [0, 0.05) is 12.6 Å². The second-order valence-electron chi connectivity index (χ2n) is 7.00. The average molecular weight is 428 g/mol. The number of nitrogens with one attached hydrogen (secondary N) is 1. The zero-order valence-electron chi connectivity index (χ0n) is 16.9. The van der Waals surface area contributed by atoms with Crippen LogP contribution in [0, 0.1) is 11.6 Å². The van der Waals surface area contributed by atoms with Crippen LogP contribution in [0.25, 0.3) is 0 Å². The standard InChI is InChI=1S/C22H22F2N4O3/c1-2-3-11-27-19(25)18(20(29)26-22(27)31)28(13-14-7-5-4-6-8-14)21(30)16-10-9-15(23)12-17(16)24/h4-10,12H,2-3,11,13,25H2,1H3,(H,26,29,31). The van der Waals surface area contributed by atoms with Crippen molar-refractivity contribution in [3.63, 3.8) is 0 Å². The molecule has 3 N–H and O–H groups in total. The number of halogens is 2. The summed E-state index contributed by atoms with van der Waals surface area (Å²) in [7, 11) is 0. The van der Waals surface area contributed by atoms with E-state index in [1.54, 1.807) is 30.3 Å². The predicted molar refractivity (Wildman–Crippen MR) is 114 cm³/mol. The van der Waals surface area contributed by atoms with Gasteiger partial charge in [-0.25, -0.2) is 13.6 Å². The quantitative estimate of drug-likeness (QED) is 0.604. The lowest BCUT2D eigenvalue weighted by Crippen LogP contribution is -2.41. The van der Waals surface area contributed by atoms with Crippen LogP contribution in [0.1, 0.15) is 35.7 Å². The number of aromatic amines is 1. The van der Waals surface area contributed by atoms with Crippen molar-refractivity contribution in [2.45, 2.75) is 32.9 Å². The summed E-state index contributed by atoms with van der Waals surface area (Å²) in [5, 5.41) is 0. The van der Waals surface area contributed by atoms with E-state index in [0.717, 1.165) is 23.5 Å². The van der Waals surface area contributed by atoms with Gasteiger partial charge in [0.2, 0.25) is 0 Å². The number of amides is 1. The number of carbonyl (C=O) groups excluding carboxylic acids is 1. The highest BCUT2D eigenvalue weighted by molar-refractivity contribution is 6.07. The van der Waals surface area contributed by atoms with Crippen molar-refractivity contribution >= 4 is 17.4 Å². The first-order valence-electron chi connectivity index (χ1n) is 9.77. The van der Waals surface area contributed by atoms with Crippen LogP contribution >= 0.6 is 0 Å². The Bertz CT molecular complexity index is 1210. The number of nitrogens with two attached hydrogens (primary N) is 1. The number of nitrogens with zero attached hydrogens (tertiary/aromatic N) is 2. The Kier molecular flexibility index (Phi) is 6.64.